The monoisotopic (exact) mass is 355 g/mol. The number of nitrogens with zero attached hydrogens (tertiary/aromatic N) is 1. The lowest BCUT2D eigenvalue weighted by Gasteiger charge is -2.15. The van der Waals surface area contributed by atoms with E-state index >= 15 is 0 Å². The molecule has 3 rings (SSSR count). The van der Waals surface area contributed by atoms with Crippen LogP contribution in [0.2, 0.25) is 0 Å². The molecular weight excluding hydrogens is 337 g/mol. The Balaban J connectivity index is 1.85. The van der Waals surface area contributed by atoms with Crippen LogP contribution < -0.4 is 9.64 Å². The highest BCUT2D eigenvalue weighted by atomic mass is 19.1. The van der Waals surface area contributed by atoms with Crippen molar-refractivity contribution >= 4 is 23.1 Å². The summed E-state index contributed by atoms with van der Waals surface area (Å²) in [6, 6.07) is 11.5. The maximum atomic E-state index is 13.1. The molecule has 6 heteroatoms. The largest absolute Gasteiger partial charge is 0.502 e. The van der Waals surface area contributed by atoms with Crippen LogP contribution in [-0.2, 0) is 9.59 Å². The van der Waals surface area contributed by atoms with Crippen LogP contribution in [0.5, 0.6) is 5.75 Å². The zero-order valence-corrected chi connectivity index (χ0v) is 14.4. The van der Waals surface area contributed by atoms with E-state index in [4.69, 9.17) is 4.74 Å². The SMILES string of the molecule is CC(C)COc1ccc(N2C(=O)C(O)=C(c3ccc(F)cc3)C2=O)cc1. The van der Waals surface area contributed by atoms with Crippen LogP contribution in [0.3, 0.4) is 0 Å². The molecule has 0 unspecified atom stereocenters. The Kier molecular flexibility index (Phi) is 4.75. The number of imide groups is 1. The second-order valence-electron chi connectivity index (χ2n) is 6.37. The second kappa shape index (κ2) is 7.00. The third-order valence-electron chi connectivity index (χ3n) is 3.87. The van der Waals surface area contributed by atoms with Crippen molar-refractivity contribution < 1.29 is 23.8 Å². The average Bonchev–Trinajstić information content (AvgIpc) is 2.84. The smallest absolute Gasteiger partial charge is 0.301 e. The van der Waals surface area contributed by atoms with Gasteiger partial charge in [0.1, 0.15) is 11.6 Å². The number of aliphatic hydroxyl groups is 1. The second-order valence-corrected chi connectivity index (χ2v) is 6.37. The van der Waals surface area contributed by atoms with Crippen molar-refractivity contribution in [3.8, 4) is 5.75 Å². The number of amides is 2. The van der Waals surface area contributed by atoms with Crippen LogP contribution in [0.1, 0.15) is 19.4 Å². The molecule has 1 aliphatic heterocycles. The number of halogens is 1. The van der Waals surface area contributed by atoms with Gasteiger partial charge in [-0.15, -0.1) is 0 Å². The fourth-order valence-electron chi connectivity index (χ4n) is 2.58. The van der Waals surface area contributed by atoms with Gasteiger partial charge < -0.3 is 9.84 Å². The summed E-state index contributed by atoms with van der Waals surface area (Å²) in [5, 5.41) is 10.1. The molecule has 2 aromatic carbocycles. The predicted molar refractivity (Wildman–Crippen MR) is 95.2 cm³/mol. The van der Waals surface area contributed by atoms with Crippen LogP contribution in [-0.4, -0.2) is 23.5 Å². The number of carbonyl (C=O) groups excluding carboxylic acids is 2. The van der Waals surface area contributed by atoms with Crippen molar-refractivity contribution in [2.45, 2.75) is 13.8 Å². The number of ether oxygens (including phenoxy) is 1. The Morgan fingerprint density at radius 3 is 2.19 bits per heavy atom. The van der Waals surface area contributed by atoms with E-state index in [0.29, 0.717) is 24.0 Å². The number of hydrogen-bond donors (Lipinski definition) is 1. The Morgan fingerprint density at radius 2 is 1.62 bits per heavy atom. The van der Waals surface area contributed by atoms with Crippen LogP contribution in [0.25, 0.3) is 5.57 Å². The van der Waals surface area contributed by atoms with E-state index in [1.54, 1.807) is 24.3 Å². The number of rotatable bonds is 5. The molecule has 0 fully saturated rings. The molecule has 134 valence electrons. The van der Waals surface area contributed by atoms with Gasteiger partial charge in [0.05, 0.1) is 17.9 Å². The van der Waals surface area contributed by atoms with E-state index in [9.17, 15) is 19.1 Å². The molecule has 2 aromatic rings. The van der Waals surface area contributed by atoms with Crippen molar-refractivity contribution in [2.24, 2.45) is 5.92 Å². The molecule has 0 radical (unpaired) electrons. The van der Waals surface area contributed by atoms with Gasteiger partial charge in [-0.3, -0.25) is 9.59 Å². The van der Waals surface area contributed by atoms with Gasteiger partial charge in [0, 0.05) is 0 Å². The van der Waals surface area contributed by atoms with Gasteiger partial charge in [-0.1, -0.05) is 26.0 Å². The third kappa shape index (κ3) is 3.31. The maximum Gasteiger partial charge on any atom is 0.301 e. The Morgan fingerprint density at radius 1 is 1.00 bits per heavy atom. The first-order chi connectivity index (χ1) is 12.4. The molecule has 0 saturated carbocycles. The highest BCUT2D eigenvalue weighted by Gasteiger charge is 2.40. The molecule has 0 spiro atoms. The summed E-state index contributed by atoms with van der Waals surface area (Å²) in [6.07, 6.45) is 0. The fourth-order valence-corrected chi connectivity index (χ4v) is 2.58. The molecule has 0 atom stereocenters. The standard InChI is InChI=1S/C20H18FNO4/c1-12(2)11-26-16-9-7-15(8-10-16)22-19(24)17(18(23)20(22)25)13-3-5-14(21)6-4-13/h3-10,12,23H,11H2,1-2H3. The molecule has 0 bridgehead atoms. The third-order valence-corrected chi connectivity index (χ3v) is 3.87. The summed E-state index contributed by atoms with van der Waals surface area (Å²) >= 11 is 0. The van der Waals surface area contributed by atoms with Gasteiger partial charge in [-0.2, -0.15) is 0 Å². The molecule has 1 heterocycles. The lowest BCUT2D eigenvalue weighted by atomic mass is 10.1. The highest BCUT2D eigenvalue weighted by molar-refractivity contribution is 6.44. The molecule has 26 heavy (non-hydrogen) atoms. The lowest BCUT2D eigenvalue weighted by molar-refractivity contribution is -0.121. The van der Waals surface area contributed by atoms with Crippen LogP contribution >= 0.6 is 0 Å². The zero-order valence-electron chi connectivity index (χ0n) is 14.4. The number of anilines is 1. The average molecular weight is 355 g/mol. The summed E-state index contributed by atoms with van der Waals surface area (Å²) in [5.74, 6) is -1.60. The molecule has 2 amide bonds. The molecule has 0 aliphatic carbocycles. The summed E-state index contributed by atoms with van der Waals surface area (Å²) in [6.45, 7) is 4.61. The van der Waals surface area contributed by atoms with Crippen LogP contribution in [0, 0.1) is 11.7 Å². The van der Waals surface area contributed by atoms with Gasteiger partial charge in [0.2, 0.25) is 0 Å². The van der Waals surface area contributed by atoms with E-state index in [1.807, 2.05) is 13.8 Å². The van der Waals surface area contributed by atoms with Crippen LogP contribution in [0.4, 0.5) is 10.1 Å². The van der Waals surface area contributed by atoms with Gasteiger partial charge in [0.15, 0.2) is 5.76 Å². The number of carbonyl (C=O) groups is 2. The van der Waals surface area contributed by atoms with Crippen molar-refractivity contribution in [1.29, 1.82) is 0 Å². The molecule has 0 aromatic heterocycles. The molecule has 1 aliphatic rings. The van der Waals surface area contributed by atoms with Crippen molar-refractivity contribution in [1.82, 2.24) is 0 Å². The van der Waals surface area contributed by atoms with Gasteiger partial charge in [-0.25, -0.2) is 9.29 Å². The summed E-state index contributed by atoms with van der Waals surface area (Å²) in [7, 11) is 0. The molecule has 1 N–H and O–H groups in total. The summed E-state index contributed by atoms with van der Waals surface area (Å²) in [5.41, 5.74) is 0.456. The Hall–Kier alpha value is -3.15. The predicted octanol–water partition coefficient (Wildman–Crippen LogP) is 3.70. The first-order valence-electron chi connectivity index (χ1n) is 8.19. The quantitative estimate of drug-likeness (QED) is 0.831. The van der Waals surface area contributed by atoms with E-state index in [1.165, 1.54) is 12.1 Å². The van der Waals surface area contributed by atoms with Gasteiger partial charge >= 0.3 is 5.91 Å². The first-order valence-corrected chi connectivity index (χ1v) is 8.19. The number of aliphatic hydroxyl groups excluding tert-OH is 1. The van der Waals surface area contributed by atoms with Crippen molar-refractivity contribution in [3.63, 3.8) is 0 Å². The topological polar surface area (TPSA) is 66.8 Å². The molecule has 0 saturated heterocycles. The Labute approximate surface area is 150 Å². The summed E-state index contributed by atoms with van der Waals surface area (Å²) in [4.78, 5) is 25.9. The lowest BCUT2D eigenvalue weighted by Crippen LogP contribution is -2.31. The zero-order chi connectivity index (χ0) is 18.8. The first kappa shape index (κ1) is 17.7. The highest BCUT2D eigenvalue weighted by Crippen LogP contribution is 2.32. The van der Waals surface area contributed by atoms with Gasteiger partial charge in [-0.05, 0) is 47.9 Å². The van der Waals surface area contributed by atoms with E-state index in [0.717, 1.165) is 17.0 Å². The minimum Gasteiger partial charge on any atom is -0.502 e. The molecular formula is C20H18FNO4. The van der Waals surface area contributed by atoms with E-state index < -0.39 is 23.4 Å². The Bertz CT molecular complexity index is 870. The van der Waals surface area contributed by atoms with Crippen molar-refractivity contribution in [2.75, 3.05) is 11.5 Å². The maximum absolute atomic E-state index is 13.1. The number of benzene rings is 2. The number of hydrogen-bond acceptors (Lipinski definition) is 4. The summed E-state index contributed by atoms with van der Waals surface area (Å²) < 4.78 is 18.7. The normalized spacial score (nSPS) is 14.5. The van der Waals surface area contributed by atoms with Crippen molar-refractivity contribution in [3.05, 3.63) is 65.7 Å². The van der Waals surface area contributed by atoms with Gasteiger partial charge in [0.25, 0.3) is 5.91 Å². The minimum absolute atomic E-state index is 0.143. The fraction of sp³-hybridized carbons (Fsp3) is 0.200. The molecule has 5 nitrogen and oxygen atoms in total. The van der Waals surface area contributed by atoms with Crippen LogP contribution in [0.15, 0.2) is 54.3 Å². The minimum atomic E-state index is -0.815. The van der Waals surface area contributed by atoms with E-state index in [2.05, 4.69) is 0 Å². The van der Waals surface area contributed by atoms with E-state index in [-0.39, 0.29) is 11.1 Å².